The van der Waals surface area contributed by atoms with E-state index < -0.39 is 0 Å². The fraction of sp³-hybridized carbons (Fsp3) is 0.550. The third-order valence-corrected chi connectivity index (χ3v) is 5.68. The Morgan fingerprint density at radius 2 is 1.81 bits per heavy atom. The topological polar surface area (TPSA) is 60.2 Å². The van der Waals surface area contributed by atoms with Gasteiger partial charge in [0.25, 0.3) is 0 Å². The molecular formula is C20H28N4O2S. The van der Waals surface area contributed by atoms with Crippen LogP contribution in [0.25, 0.3) is 11.4 Å². The van der Waals surface area contributed by atoms with Crippen molar-refractivity contribution in [2.24, 2.45) is 0 Å². The number of hydrogen-bond donors (Lipinski definition) is 0. The van der Waals surface area contributed by atoms with E-state index in [1.165, 1.54) is 17.3 Å². The number of benzene rings is 1. The Balaban J connectivity index is 1.72. The molecule has 0 N–H and O–H groups in total. The number of carbonyl (C=O) groups excluding carboxylic acids is 1. The van der Waals surface area contributed by atoms with E-state index in [1.54, 1.807) is 0 Å². The maximum atomic E-state index is 12.4. The van der Waals surface area contributed by atoms with E-state index in [4.69, 9.17) is 4.74 Å². The first kappa shape index (κ1) is 19.9. The zero-order valence-corrected chi connectivity index (χ0v) is 17.4. The van der Waals surface area contributed by atoms with Crippen LogP contribution in [0, 0.1) is 0 Å². The molecule has 2 aromatic rings. The summed E-state index contributed by atoms with van der Waals surface area (Å²) in [5.41, 5.74) is 2.46. The smallest absolute Gasteiger partial charge is 0.233 e. The molecule has 0 spiro atoms. The van der Waals surface area contributed by atoms with E-state index in [0.29, 0.717) is 32.1 Å². The SMILES string of the molecule is CCn1c(SCC(=O)N2CCOCC2)nnc1-c1ccc(C(C)(C)C)cc1. The Kier molecular flexibility index (Phi) is 6.22. The molecule has 6 nitrogen and oxygen atoms in total. The molecule has 3 rings (SSSR count). The lowest BCUT2D eigenvalue weighted by Crippen LogP contribution is -2.41. The summed E-state index contributed by atoms with van der Waals surface area (Å²) in [6, 6.07) is 8.51. The molecule has 1 aliphatic heterocycles. The first-order chi connectivity index (χ1) is 12.9. The van der Waals surface area contributed by atoms with E-state index in [-0.39, 0.29) is 11.3 Å². The van der Waals surface area contributed by atoms with Crippen molar-refractivity contribution < 1.29 is 9.53 Å². The van der Waals surface area contributed by atoms with Crippen LogP contribution in [0.15, 0.2) is 29.4 Å². The molecule has 1 aliphatic rings. The Morgan fingerprint density at radius 3 is 2.41 bits per heavy atom. The molecule has 0 aliphatic carbocycles. The molecule has 2 heterocycles. The van der Waals surface area contributed by atoms with Gasteiger partial charge in [0.05, 0.1) is 19.0 Å². The van der Waals surface area contributed by atoms with Crippen LogP contribution in [0.1, 0.15) is 33.3 Å². The van der Waals surface area contributed by atoms with E-state index >= 15 is 0 Å². The first-order valence-corrected chi connectivity index (χ1v) is 10.4. The molecule has 7 heteroatoms. The number of morpholine rings is 1. The summed E-state index contributed by atoms with van der Waals surface area (Å²) >= 11 is 1.45. The number of nitrogens with zero attached hydrogens (tertiary/aromatic N) is 4. The van der Waals surface area contributed by atoms with Crippen LogP contribution in [0.2, 0.25) is 0 Å². The average Bonchev–Trinajstić information content (AvgIpc) is 3.09. The highest BCUT2D eigenvalue weighted by molar-refractivity contribution is 7.99. The van der Waals surface area contributed by atoms with Gasteiger partial charge in [-0.1, -0.05) is 56.8 Å². The second-order valence-corrected chi connectivity index (χ2v) is 8.60. The van der Waals surface area contributed by atoms with Crippen LogP contribution in [-0.4, -0.2) is 57.6 Å². The molecule has 1 saturated heterocycles. The Morgan fingerprint density at radius 1 is 1.15 bits per heavy atom. The summed E-state index contributed by atoms with van der Waals surface area (Å²) in [7, 11) is 0. The Bertz CT molecular complexity index is 774. The molecule has 27 heavy (non-hydrogen) atoms. The van der Waals surface area contributed by atoms with Gasteiger partial charge in [-0.25, -0.2) is 0 Å². The van der Waals surface area contributed by atoms with E-state index in [9.17, 15) is 4.79 Å². The first-order valence-electron chi connectivity index (χ1n) is 9.42. The van der Waals surface area contributed by atoms with Crippen molar-refractivity contribution >= 4 is 17.7 Å². The number of hydrogen-bond acceptors (Lipinski definition) is 5. The molecular weight excluding hydrogens is 360 g/mol. The van der Waals surface area contributed by atoms with Gasteiger partial charge >= 0.3 is 0 Å². The highest BCUT2D eigenvalue weighted by atomic mass is 32.2. The molecule has 0 atom stereocenters. The summed E-state index contributed by atoms with van der Waals surface area (Å²) < 4.78 is 7.38. The molecule has 146 valence electrons. The van der Waals surface area contributed by atoms with E-state index in [2.05, 4.69) is 66.7 Å². The zero-order valence-electron chi connectivity index (χ0n) is 16.6. The Labute approximate surface area is 165 Å². The Hall–Kier alpha value is -1.86. The third-order valence-electron chi connectivity index (χ3n) is 4.73. The second kappa shape index (κ2) is 8.44. The second-order valence-electron chi connectivity index (χ2n) is 7.66. The largest absolute Gasteiger partial charge is 0.378 e. The lowest BCUT2D eigenvalue weighted by Gasteiger charge is -2.26. The van der Waals surface area contributed by atoms with Crippen LogP contribution >= 0.6 is 11.8 Å². The summed E-state index contributed by atoms with van der Waals surface area (Å²) in [6.45, 7) is 12.0. The van der Waals surface area contributed by atoms with Gasteiger partial charge in [-0.2, -0.15) is 0 Å². The molecule has 1 fully saturated rings. The fourth-order valence-corrected chi connectivity index (χ4v) is 3.95. The highest BCUT2D eigenvalue weighted by Gasteiger charge is 2.20. The van der Waals surface area contributed by atoms with Crippen molar-refractivity contribution in [1.29, 1.82) is 0 Å². The van der Waals surface area contributed by atoms with Crippen molar-refractivity contribution in [3.8, 4) is 11.4 Å². The number of thioether (sulfide) groups is 1. The average molecular weight is 389 g/mol. The van der Waals surface area contributed by atoms with E-state index in [0.717, 1.165) is 23.1 Å². The van der Waals surface area contributed by atoms with Gasteiger partial charge in [0.1, 0.15) is 0 Å². The summed E-state index contributed by atoms with van der Waals surface area (Å²) in [6.07, 6.45) is 0. The van der Waals surface area contributed by atoms with Gasteiger partial charge in [0.2, 0.25) is 5.91 Å². The van der Waals surface area contributed by atoms with Crippen LogP contribution < -0.4 is 0 Å². The van der Waals surface area contributed by atoms with Gasteiger partial charge in [-0.05, 0) is 17.9 Å². The van der Waals surface area contributed by atoms with Gasteiger partial charge in [0, 0.05) is 25.2 Å². The number of carbonyl (C=O) groups is 1. The summed E-state index contributed by atoms with van der Waals surface area (Å²) in [5, 5.41) is 9.51. The lowest BCUT2D eigenvalue weighted by molar-refractivity contribution is -0.132. The van der Waals surface area contributed by atoms with Crippen molar-refractivity contribution in [1.82, 2.24) is 19.7 Å². The van der Waals surface area contributed by atoms with Crippen molar-refractivity contribution in [3.63, 3.8) is 0 Å². The van der Waals surface area contributed by atoms with Gasteiger partial charge in [0.15, 0.2) is 11.0 Å². The van der Waals surface area contributed by atoms with Crippen molar-refractivity contribution in [2.75, 3.05) is 32.1 Å². The minimum absolute atomic E-state index is 0.123. The van der Waals surface area contributed by atoms with Crippen molar-refractivity contribution in [3.05, 3.63) is 29.8 Å². The summed E-state index contributed by atoms with van der Waals surface area (Å²) in [5.74, 6) is 1.35. The number of amides is 1. The van der Waals surface area contributed by atoms with Crippen LogP contribution in [0.5, 0.6) is 0 Å². The monoisotopic (exact) mass is 388 g/mol. The maximum Gasteiger partial charge on any atom is 0.233 e. The van der Waals surface area contributed by atoms with Crippen LogP contribution in [0.3, 0.4) is 0 Å². The molecule has 1 amide bonds. The van der Waals surface area contributed by atoms with Gasteiger partial charge in [-0.15, -0.1) is 10.2 Å². The van der Waals surface area contributed by atoms with Gasteiger partial charge < -0.3 is 14.2 Å². The maximum absolute atomic E-state index is 12.4. The lowest BCUT2D eigenvalue weighted by atomic mass is 9.87. The zero-order chi connectivity index (χ0) is 19.4. The highest BCUT2D eigenvalue weighted by Crippen LogP contribution is 2.27. The summed E-state index contributed by atoms with van der Waals surface area (Å²) in [4.78, 5) is 14.2. The van der Waals surface area contributed by atoms with Crippen LogP contribution in [-0.2, 0) is 21.5 Å². The third kappa shape index (κ3) is 4.71. The number of aromatic nitrogens is 3. The molecule has 1 aromatic heterocycles. The predicted molar refractivity (Wildman–Crippen MR) is 108 cm³/mol. The normalized spacial score (nSPS) is 15.2. The predicted octanol–water partition coefficient (Wildman–Crippen LogP) is 3.21. The quantitative estimate of drug-likeness (QED) is 0.736. The fourth-order valence-electron chi connectivity index (χ4n) is 3.04. The van der Waals surface area contributed by atoms with E-state index in [1.807, 2.05) is 4.90 Å². The molecule has 0 radical (unpaired) electrons. The molecule has 0 saturated carbocycles. The van der Waals surface area contributed by atoms with Crippen molar-refractivity contribution in [2.45, 2.75) is 44.8 Å². The molecule has 0 unspecified atom stereocenters. The number of rotatable bonds is 5. The van der Waals surface area contributed by atoms with Gasteiger partial charge in [-0.3, -0.25) is 4.79 Å². The number of ether oxygens (including phenoxy) is 1. The van der Waals surface area contributed by atoms with Crippen LogP contribution in [0.4, 0.5) is 0 Å². The molecule has 0 bridgehead atoms. The molecule has 1 aromatic carbocycles. The standard InChI is InChI=1S/C20H28N4O2S/c1-5-24-18(15-6-8-16(9-7-15)20(2,3)4)21-22-19(24)27-14-17(25)23-10-12-26-13-11-23/h6-9H,5,10-14H2,1-4H3. The minimum Gasteiger partial charge on any atom is -0.378 e. The minimum atomic E-state index is 0.123.